The lowest BCUT2D eigenvalue weighted by molar-refractivity contribution is 0.0695. The number of benzene rings is 1. The summed E-state index contributed by atoms with van der Waals surface area (Å²) >= 11 is 0. The van der Waals surface area contributed by atoms with Gasteiger partial charge in [0.15, 0.2) is 0 Å². The number of pyridine rings is 1. The fourth-order valence-corrected chi connectivity index (χ4v) is 1.74. The Labute approximate surface area is 121 Å². The molecular weight excluding hydrogens is 272 g/mol. The SMILES string of the molecule is Cc1c(NC(=O)OCc2ccccc2)cncc1C(=O)O. The number of carbonyl (C=O) groups excluding carboxylic acids is 1. The summed E-state index contributed by atoms with van der Waals surface area (Å²) in [5.41, 5.74) is 1.64. The summed E-state index contributed by atoms with van der Waals surface area (Å²) in [5, 5.41) is 11.5. The van der Waals surface area contributed by atoms with Gasteiger partial charge in [0.25, 0.3) is 0 Å². The Kier molecular flexibility index (Phi) is 4.50. The second kappa shape index (κ2) is 6.51. The fourth-order valence-electron chi connectivity index (χ4n) is 1.74. The van der Waals surface area contributed by atoms with Crippen molar-refractivity contribution in [2.45, 2.75) is 13.5 Å². The largest absolute Gasteiger partial charge is 0.478 e. The summed E-state index contributed by atoms with van der Waals surface area (Å²) in [6.45, 7) is 1.73. The van der Waals surface area contributed by atoms with Crippen LogP contribution in [0, 0.1) is 6.92 Å². The van der Waals surface area contributed by atoms with Crippen LogP contribution in [-0.2, 0) is 11.3 Å². The first-order chi connectivity index (χ1) is 10.1. The molecule has 0 spiro atoms. The number of nitrogens with one attached hydrogen (secondary N) is 1. The molecule has 21 heavy (non-hydrogen) atoms. The van der Waals surface area contributed by atoms with Gasteiger partial charge in [-0.05, 0) is 18.1 Å². The Morgan fingerprint density at radius 3 is 2.62 bits per heavy atom. The number of nitrogens with zero attached hydrogens (tertiary/aromatic N) is 1. The van der Waals surface area contributed by atoms with E-state index in [1.807, 2.05) is 30.3 Å². The number of anilines is 1. The Balaban J connectivity index is 2.00. The summed E-state index contributed by atoms with van der Waals surface area (Å²) in [5.74, 6) is -1.10. The highest BCUT2D eigenvalue weighted by atomic mass is 16.5. The van der Waals surface area contributed by atoms with Crippen LogP contribution in [0.3, 0.4) is 0 Å². The highest BCUT2D eigenvalue weighted by Crippen LogP contribution is 2.17. The summed E-state index contributed by atoms with van der Waals surface area (Å²) in [7, 11) is 0. The molecule has 6 heteroatoms. The van der Waals surface area contributed by atoms with Crippen molar-refractivity contribution >= 4 is 17.7 Å². The molecule has 2 N–H and O–H groups in total. The molecule has 1 amide bonds. The quantitative estimate of drug-likeness (QED) is 0.902. The zero-order valence-corrected chi connectivity index (χ0v) is 11.4. The van der Waals surface area contributed by atoms with Gasteiger partial charge in [-0.15, -0.1) is 0 Å². The molecule has 2 aromatic rings. The van der Waals surface area contributed by atoms with Gasteiger partial charge in [-0.1, -0.05) is 30.3 Å². The molecule has 0 aliphatic heterocycles. The van der Waals surface area contributed by atoms with Crippen molar-refractivity contribution < 1.29 is 19.4 Å². The lowest BCUT2D eigenvalue weighted by Crippen LogP contribution is -2.15. The number of amides is 1. The summed E-state index contributed by atoms with van der Waals surface area (Å²) < 4.78 is 5.06. The molecule has 0 unspecified atom stereocenters. The van der Waals surface area contributed by atoms with Crippen LogP contribution < -0.4 is 5.32 Å². The molecule has 0 fully saturated rings. The lowest BCUT2D eigenvalue weighted by atomic mass is 10.1. The molecule has 0 aliphatic rings. The number of carboxylic acids is 1. The third kappa shape index (κ3) is 3.79. The normalized spacial score (nSPS) is 9.95. The molecule has 108 valence electrons. The second-order valence-corrected chi connectivity index (χ2v) is 4.35. The first kappa shape index (κ1) is 14.5. The maximum Gasteiger partial charge on any atom is 0.412 e. The van der Waals surface area contributed by atoms with E-state index in [4.69, 9.17) is 9.84 Å². The predicted octanol–water partition coefficient (Wildman–Crippen LogP) is 2.84. The highest BCUT2D eigenvalue weighted by molar-refractivity contribution is 5.93. The molecule has 0 bridgehead atoms. The van der Waals surface area contributed by atoms with Crippen molar-refractivity contribution in [3.8, 4) is 0 Å². The Bertz CT molecular complexity index is 656. The van der Waals surface area contributed by atoms with Crippen LogP contribution in [0.25, 0.3) is 0 Å². The van der Waals surface area contributed by atoms with E-state index in [0.717, 1.165) is 5.56 Å². The number of hydrogen-bond acceptors (Lipinski definition) is 4. The van der Waals surface area contributed by atoms with Gasteiger partial charge in [0, 0.05) is 6.20 Å². The minimum atomic E-state index is -1.10. The maximum absolute atomic E-state index is 11.7. The average molecular weight is 286 g/mol. The van der Waals surface area contributed by atoms with Gasteiger partial charge in [-0.3, -0.25) is 10.3 Å². The van der Waals surface area contributed by atoms with Crippen LogP contribution in [0.2, 0.25) is 0 Å². The van der Waals surface area contributed by atoms with Gasteiger partial charge < -0.3 is 9.84 Å². The molecule has 0 saturated heterocycles. The van der Waals surface area contributed by atoms with Crippen molar-refractivity contribution in [3.05, 3.63) is 59.4 Å². The van der Waals surface area contributed by atoms with Crippen LogP contribution in [0.4, 0.5) is 10.5 Å². The number of carbonyl (C=O) groups is 2. The van der Waals surface area contributed by atoms with Gasteiger partial charge in [0.05, 0.1) is 17.4 Å². The van der Waals surface area contributed by atoms with Gasteiger partial charge >= 0.3 is 12.1 Å². The molecule has 0 saturated carbocycles. The zero-order chi connectivity index (χ0) is 15.2. The molecular formula is C15H14N2O4. The molecule has 6 nitrogen and oxygen atoms in total. The molecule has 0 atom stereocenters. The average Bonchev–Trinajstić information content (AvgIpc) is 2.48. The second-order valence-electron chi connectivity index (χ2n) is 4.35. The van der Waals surface area contributed by atoms with E-state index in [1.165, 1.54) is 12.4 Å². The van der Waals surface area contributed by atoms with E-state index >= 15 is 0 Å². The van der Waals surface area contributed by atoms with Crippen molar-refractivity contribution in [3.63, 3.8) is 0 Å². The highest BCUT2D eigenvalue weighted by Gasteiger charge is 2.13. The summed E-state index contributed by atoms with van der Waals surface area (Å²) in [4.78, 5) is 26.5. The topological polar surface area (TPSA) is 88.5 Å². The molecule has 1 aromatic carbocycles. The first-order valence-electron chi connectivity index (χ1n) is 6.23. The molecule has 2 rings (SSSR count). The van der Waals surface area contributed by atoms with E-state index in [0.29, 0.717) is 11.3 Å². The van der Waals surface area contributed by atoms with Crippen LogP contribution in [-0.4, -0.2) is 22.2 Å². The van der Waals surface area contributed by atoms with Crippen LogP contribution in [0.1, 0.15) is 21.5 Å². The van der Waals surface area contributed by atoms with Crippen LogP contribution in [0.15, 0.2) is 42.7 Å². The van der Waals surface area contributed by atoms with Crippen molar-refractivity contribution in [1.82, 2.24) is 4.98 Å². The standard InChI is InChI=1S/C15H14N2O4/c1-10-12(14(18)19)7-16-8-13(10)17-15(20)21-9-11-5-3-2-4-6-11/h2-8H,9H2,1H3,(H,17,20)(H,18,19). The predicted molar refractivity (Wildman–Crippen MR) is 76.2 cm³/mol. The van der Waals surface area contributed by atoms with Gasteiger partial charge in [0.1, 0.15) is 6.61 Å². The Morgan fingerprint density at radius 1 is 1.24 bits per heavy atom. The molecule has 0 radical (unpaired) electrons. The smallest absolute Gasteiger partial charge is 0.412 e. The first-order valence-corrected chi connectivity index (χ1v) is 6.23. The van der Waals surface area contributed by atoms with Gasteiger partial charge in [-0.25, -0.2) is 9.59 Å². The van der Waals surface area contributed by atoms with Gasteiger partial charge in [-0.2, -0.15) is 0 Å². The number of aromatic nitrogens is 1. The Morgan fingerprint density at radius 2 is 1.95 bits per heavy atom. The zero-order valence-electron chi connectivity index (χ0n) is 11.4. The number of rotatable bonds is 4. The number of aromatic carboxylic acids is 1. The van der Waals surface area contributed by atoms with Crippen molar-refractivity contribution in [2.24, 2.45) is 0 Å². The van der Waals surface area contributed by atoms with E-state index in [-0.39, 0.29) is 12.2 Å². The van der Waals surface area contributed by atoms with Crippen LogP contribution in [0.5, 0.6) is 0 Å². The summed E-state index contributed by atoms with van der Waals surface area (Å²) in [6, 6.07) is 9.24. The minimum Gasteiger partial charge on any atom is -0.478 e. The number of hydrogen-bond donors (Lipinski definition) is 2. The maximum atomic E-state index is 11.7. The van der Waals surface area contributed by atoms with E-state index < -0.39 is 12.1 Å². The summed E-state index contributed by atoms with van der Waals surface area (Å²) in [6.07, 6.45) is 1.95. The molecule has 1 heterocycles. The molecule has 0 aliphatic carbocycles. The third-order valence-electron chi connectivity index (χ3n) is 2.90. The Hall–Kier alpha value is -2.89. The number of ether oxygens (including phenoxy) is 1. The van der Waals surface area contributed by atoms with Crippen LogP contribution >= 0.6 is 0 Å². The monoisotopic (exact) mass is 286 g/mol. The third-order valence-corrected chi connectivity index (χ3v) is 2.90. The van der Waals surface area contributed by atoms with E-state index in [2.05, 4.69) is 10.3 Å². The fraction of sp³-hybridized carbons (Fsp3) is 0.133. The van der Waals surface area contributed by atoms with E-state index in [1.54, 1.807) is 6.92 Å². The number of carboxylic acid groups (broad SMARTS) is 1. The van der Waals surface area contributed by atoms with Crippen molar-refractivity contribution in [1.29, 1.82) is 0 Å². The van der Waals surface area contributed by atoms with Gasteiger partial charge in [0.2, 0.25) is 0 Å². The molecule has 1 aromatic heterocycles. The lowest BCUT2D eigenvalue weighted by Gasteiger charge is -2.10. The van der Waals surface area contributed by atoms with Crippen molar-refractivity contribution in [2.75, 3.05) is 5.32 Å². The van der Waals surface area contributed by atoms with E-state index in [9.17, 15) is 9.59 Å². The minimum absolute atomic E-state index is 0.0378.